The third-order valence-corrected chi connectivity index (χ3v) is 4.03. The molecule has 1 aliphatic rings. The Hall–Kier alpha value is -2.24. The first kappa shape index (κ1) is 14.7. The number of H-pyrrole nitrogens is 1. The second-order valence-corrected chi connectivity index (χ2v) is 5.85. The van der Waals surface area contributed by atoms with Gasteiger partial charge in [0.15, 0.2) is 5.82 Å². The maximum absolute atomic E-state index is 11.8. The number of carbonyl (C=O) groups excluding carboxylic acids is 1. The van der Waals surface area contributed by atoms with Crippen molar-refractivity contribution in [1.29, 1.82) is 0 Å². The second-order valence-electron chi connectivity index (χ2n) is 5.85. The van der Waals surface area contributed by atoms with E-state index in [1.165, 1.54) is 0 Å². The smallest absolute Gasteiger partial charge is 0.222 e. The third kappa shape index (κ3) is 2.86. The largest absolute Gasteiger partial charge is 0.342 e. The van der Waals surface area contributed by atoms with Crippen LogP contribution in [-0.2, 0) is 4.79 Å². The molecular formula is C16H21N5O. The molecule has 1 fully saturated rings. The van der Waals surface area contributed by atoms with Gasteiger partial charge >= 0.3 is 0 Å². The highest BCUT2D eigenvalue weighted by Crippen LogP contribution is 2.27. The molecule has 0 radical (unpaired) electrons. The second kappa shape index (κ2) is 5.87. The molecule has 0 spiro atoms. The summed E-state index contributed by atoms with van der Waals surface area (Å²) in [5.74, 6) is 2.00. The van der Waals surface area contributed by atoms with Crippen LogP contribution in [0.15, 0.2) is 12.3 Å². The SMILES string of the molecule is CCC(=O)N1CC[C@@H](c2nc(C)cc(-c3ncc(C)[nH]3)n2)C1. The molecule has 6 nitrogen and oxygen atoms in total. The van der Waals surface area contributed by atoms with Gasteiger partial charge in [0.1, 0.15) is 11.5 Å². The van der Waals surface area contributed by atoms with Crippen molar-refractivity contribution < 1.29 is 4.79 Å². The van der Waals surface area contributed by atoms with E-state index in [1.807, 2.05) is 31.7 Å². The molecule has 6 heteroatoms. The Morgan fingerprint density at radius 1 is 1.41 bits per heavy atom. The van der Waals surface area contributed by atoms with Crippen LogP contribution in [0.2, 0.25) is 0 Å². The molecule has 22 heavy (non-hydrogen) atoms. The number of nitrogens with zero attached hydrogens (tertiary/aromatic N) is 4. The fourth-order valence-corrected chi connectivity index (χ4v) is 2.86. The van der Waals surface area contributed by atoms with Crippen molar-refractivity contribution in [3.8, 4) is 11.5 Å². The summed E-state index contributed by atoms with van der Waals surface area (Å²) < 4.78 is 0. The maximum Gasteiger partial charge on any atom is 0.222 e. The van der Waals surface area contributed by atoms with Crippen molar-refractivity contribution in [1.82, 2.24) is 24.8 Å². The number of aromatic nitrogens is 4. The van der Waals surface area contributed by atoms with E-state index in [1.54, 1.807) is 6.20 Å². The Morgan fingerprint density at radius 2 is 2.23 bits per heavy atom. The van der Waals surface area contributed by atoms with Crippen LogP contribution >= 0.6 is 0 Å². The van der Waals surface area contributed by atoms with Gasteiger partial charge in [0.05, 0.1) is 0 Å². The van der Waals surface area contributed by atoms with Crippen LogP contribution in [0.25, 0.3) is 11.5 Å². The van der Waals surface area contributed by atoms with Gasteiger partial charge < -0.3 is 9.88 Å². The summed E-state index contributed by atoms with van der Waals surface area (Å²) in [6, 6.07) is 1.94. The maximum atomic E-state index is 11.8. The van der Waals surface area contributed by atoms with Crippen LogP contribution in [0.4, 0.5) is 0 Å². The van der Waals surface area contributed by atoms with Crippen molar-refractivity contribution in [2.75, 3.05) is 13.1 Å². The number of hydrogen-bond acceptors (Lipinski definition) is 4. The molecule has 0 bridgehead atoms. The summed E-state index contributed by atoms with van der Waals surface area (Å²) in [6.07, 6.45) is 3.27. The average molecular weight is 299 g/mol. The number of likely N-dealkylation sites (tertiary alicyclic amines) is 1. The number of amides is 1. The zero-order chi connectivity index (χ0) is 15.7. The van der Waals surface area contributed by atoms with E-state index < -0.39 is 0 Å². The molecule has 3 rings (SSSR count). The number of imidazole rings is 1. The molecule has 1 aliphatic heterocycles. The Balaban J connectivity index is 1.86. The van der Waals surface area contributed by atoms with Gasteiger partial charge in [-0.3, -0.25) is 4.79 Å². The quantitative estimate of drug-likeness (QED) is 0.943. The third-order valence-electron chi connectivity index (χ3n) is 4.03. The van der Waals surface area contributed by atoms with Gasteiger partial charge in [-0.2, -0.15) is 0 Å². The molecule has 1 saturated heterocycles. The summed E-state index contributed by atoms with van der Waals surface area (Å²) in [7, 11) is 0. The predicted molar refractivity (Wildman–Crippen MR) is 83.3 cm³/mol. The van der Waals surface area contributed by atoms with E-state index in [0.29, 0.717) is 13.0 Å². The highest BCUT2D eigenvalue weighted by molar-refractivity contribution is 5.76. The van der Waals surface area contributed by atoms with Crippen LogP contribution < -0.4 is 0 Å². The van der Waals surface area contributed by atoms with Crippen molar-refractivity contribution in [2.24, 2.45) is 0 Å². The van der Waals surface area contributed by atoms with Gasteiger partial charge in [-0.25, -0.2) is 15.0 Å². The van der Waals surface area contributed by atoms with E-state index in [4.69, 9.17) is 0 Å². The Labute approximate surface area is 130 Å². The molecule has 116 valence electrons. The minimum atomic E-state index is 0.206. The summed E-state index contributed by atoms with van der Waals surface area (Å²) >= 11 is 0. The van der Waals surface area contributed by atoms with E-state index in [2.05, 4.69) is 19.9 Å². The van der Waals surface area contributed by atoms with Crippen LogP contribution in [0.1, 0.15) is 42.9 Å². The Kier molecular flexibility index (Phi) is 3.92. The van der Waals surface area contributed by atoms with Crippen LogP contribution in [0.3, 0.4) is 0 Å². The lowest BCUT2D eigenvalue weighted by Crippen LogP contribution is -2.27. The number of hydrogen-bond donors (Lipinski definition) is 1. The van der Waals surface area contributed by atoms with Crippen LogP contribution in [0.5, 0.6) is 0 Å². The first-order chi connectivity index (χ1) is 10.6. The normalized spacial score (nSPS) is 18.0. The average Bonchev–Trinajstić information content (AvgIpc) is 3.14. The number of rotatable bonds is 3. The van der Waals surface area contributed by atoms with E-state index in [0.717, 1.165) is 41.7 Å². The number of nitrogens with one attached hydrogen (secondary N) is 1. The Morgan fingerprint density at radius 3 is 2.91 bits per heavy atom. The summed E-state index contributed by atoms with van der Waals surface area (Å²) in [4.78, 5) is 30.5. The molecule has 2 aromatic rings. The number of aromatic amines is 1. The minimum absolute atomic E-state index is 0.206. The van der Waals surface area contributed by atoms with Gasteiger partial charge in [-0.15, -0.1) is 0 Å². The molecule has 0 aromatic carbocycles. The zero-order valence-corrected chi connectivity index (χ0v) is 13.3. The molecule has 1 N–H and O–H groups in total. The lowest BCUT2D eigenvalue weighted by molar-refractivity contribution is -0.129. The van der Waals surface area contributed by atoms with Gasteiger partial charge in [-0.05, 0) is 26.3 Å². The monoisotopic (exact) mass is 299 g/mol. The van der Waals surface area contributed by atoms with Crippen molar-refractivity contribution in [3.05, 3.63) is 29.5 Å². The molecule has 1 amide bonds. The molecule has 0 unspecified atom stereocenters. The number of carbonyl (C=O) groups is 1. The first-order valence-corrected chi connectivity index (χ1v) is 7.72. The van der Waals surface area contributed by atoms with Crippen LogP contribution in [-0.4, -0.2) is 43.8 Å². The topological polar surface area (TPSA) is 74.8 Å². The highest BCUT2D eigenvalue weighted by Gasteiger charge is 2.28. The minimum Gasteiger partial charge on any atom is -0.342 e. The summed E-state index contributed by atoms with van der Waals surface area (Å²) in [6.45, 7) is 7.35. The van der Waals surface area contributed by atoms with E-state index in [-0.39, 0.29) is 11.8 Å². The number of aryl methyl sites for hydroxylation is 2. The molecule has 1 atom stereocenters. The van der Waals surface area contributed by atoms with Crippen molar-refractivity contribution in [2.45, 2.75) is 39.5 Å². The first-order valence-electron chi connectivity index (χ1n) is 7.72. The van der Waals surface area contributed by atoms with Gasteiger partial charge in [-0.1, -0.05) is 6.92 Å². The lowest BCUT2D eigenvalue weighted by Gasteiger charge is -2.15. The molecule has 0 aliphatic carbocycles. The van der Waals surface area contributed by atoms with E-state index >= 15 is 0 Å². The molecule has 2 aromatic heterocycles. The van der Waals surface area contributed by atoms with Gasteiger partial charge in [0, 0.05) is 43.0 Å². The fraction of sp³-hybridized carbons (Fsp3) is 0.500. The van der Waals surface area contributed by atoms with Crippen molar-refractivity contribution >= 4 is 5.91 Å². The van der Waals surface area contributed by atoms with Gasteiger partial charge in [0.2, 0.25) is 5.91 Å². The zero-order valence-electron chi connectivity index (χ0n) is 13.3. The molecule has 3 heterocycles. The predicted octanol–water partition coefficient (Wildman–Crippen LogP) is 2.21. The standard InChI is InChI=1S/C16H21N5O/c1-4-14(22)21-6-5-12(9-21)15-18-10(2)7-13(20-15)16-17-8-11(3)19-16/h7-8,12H,4-6,9H2,1-3H3,(H,17,19)/t12-/m1/s1. The van der Waals surface area contributed by atoms with Gasteiger partial charge in [0.25, 0.3) is 0 Å². The van der Waals surface area contributed by atoms with E-state index in [9.17, 15) is 4.79 Å². The highest BCUT2D eigenvalue weighted by atomic mass is 16.2. The molecular weight excluding hydrogens is 278 g/mol. The summed E-state index contributed by atoms with van der Waals surface area (Å²) in [5, 5.41) is 0. The van der Waals surface area contributed by atoms with Crippen molar-refractivity contribution in [3.63, 3.8) is 0 Å². The molecule has 0 saturated carbocycles. The Bertz CT molecular complexity index is 694. The summed E-state index contributed by atoms with van der Waals surface area (Å²) in [5.41, 5.74) is 2.75. The van der Waals surface area contributed by atoms with Crippen LogP contribution in [0, 0.1) is 13.8 Å². The fourth-order valence-electron chi connectivity index (χ4n) is 2.86. The lowest BCUT2D eigenvalue weighted by atomic mass is 10.1.